The molecule has 3 unspecified atom stereocenters. The van der Waals surface area contributed by atoms with Crippen molar-refractivity contribution in [3.8, 4) is 0 Å². The Labute approximate surface area is 149 Å². The number of cyclic esters (lactones) is 1. The highest BCUT2D eigenvalue weighted by molar-refractivity contribution is 6.02. The van der Waals surface area contributed by atoms with E-state index in [1.54, 1.807) is 60.7 Å². The lowest BCUT2D eigenvalue weighted by Gasteiger charge is -2.42. The first kappa shape index (κ1) is 17.5. The molecule has 26 heavy (non-hydrogen) atoms. The Balaban J connectivity index is 2.15. The van der Waals surface area contributed by atoms with Crippen molar-refractivity contribution in [1.82, 2.24) is 4.90 Å². The van der Waals surface area contributed by atoms with E-state index in [1.807, 2.05) is 0 Å². The third-order valence-electron chi connectivity index (χ3n) is 4.25. The Bertz CT molecular complexity index is 807. The van der Waals surface area contributed by atoms with E-state index in [1.165, 1.54) is 0 Å². The summed E-state index contributed by atoms with van der Waals surface area (Å²) in [6.45, 7) is 0. The van der Waals surface area contributed by atoms with E-state index in [4.69, 9.17) is 4.74 Å². The minimum Gasteiger partial charge on any atom is -0.467 e. The van der Waals surface area contributed by atoms with Gasteiger partial charge in [0.2, 0.25) is 6.04 Å². The zero-order chi connectivity index (χ0) is 18.7. The lowest BCUT2D eigenvalue weighted by atomic mass is 9.91. The minimum atomic E-state index is -1.68. The number of hydrogen-bond acceptors (Lipinski definition) is 5. The average Bonchev–Trinajstić information content (AvgIpc) is 2.67. The van der Waals surface area contributed by atoms with E-state index in [9.17, 15) is 19.5 Å². The second-order valence-corrected chi connectivity index (χ2v) is 5.74. The van der Waals surface area contributed by atoms with Crippen LogP contribution in [-0.4, -0.2) is 41.2 Å². The number of nitrogens with zero attached hydrogens (tertiary/aromatic N) is 1. The smallest absolute Gasteiger partial charge is 0.409 e. The van der Waals surface area contributed by atoms with Crippen LogP contribution in [0.25, 0.3) is 0 Å². The number of morpholine rings is 1. The molecule has 0 aromatic heterocycles. The molecule has 0 saturated carbocycles. The fourth-order valence-electron chi connectivity index (χ4n) is 3.10. The van der Waals surface area contributed by atoms with E-state index < -0.39 is 36.2 Å². The van der Waals surface area contributed by atoms with Crippen molar-refractivity contribution >= 4 is 18.0 Å². The molecular formula is C19H17NO6. The number of carbonyl (C=O) groups excluding carboxylic acids is 2. The third kappa shape index (κ3) is 3.11. The molecule has 1 aliphatic rings. The standard InChI is InChI=1S/C19H17NO6/c1-25-17(21)15-18(22)26-16(13-10-6-3-7-11-13)14(20(15)19(23)24)12-8-4-2-5-9-12/h2-11,14-16H,1H3,(H,23,24). The van der Waals surface area contributed by atoms with Crippen molar-refractivity contribution in [2.75, 3.05) is 7.11 Å². The van der Waals surface area contributed by atoms with Gasteiger partial charge in [0.25, 0.3) is 0 Å². The van der Waals surface area contributed by atoms with Gasteiger partial charge < -0.3 is 14.6 Å². The third-order valence-corrected chi connectivity index (χ3v) is 4.25. The van der Waals surface area contributed by atoms with Crippen LogP contribution in [0.2, 0.25) is 0 Å². The van der Waals surface area contributed by atoms with Gasteiger partial charge in [0.05, 0.1) is 7.11 Å². The van der Waals surface area contributed by atoms with Crippen LogP contribution in [-0.2, 0) is 19.1 Å². The van der Waals surface area contributed by atoms with E-state index >= 15 is 0 Å². The van der Waals surface area contributed by atoms with Crippen molar-refractivity contribution in [2.45, 2.75) is 18.2 Å². The number of benzene rings is 2. The van der Waals surface area contributed by atoms with Crippen LogP contribution in [0.4, 0.5) is 4.79 Å². The second-order valence-electron chi connectivity index (χ2n) is 5.74. The summed E-state index contributed by atoms with van der Waals surface area (Å²) in [5.41, 5.74) is 1.23. The van der Waals surface area contributed by atoms with Crippen LogP contribution in [0.1, 0.15) is 23.3 Å². The van der Waals surface area contributed by atoms with E-state index in [-0.39, 0.29) is 0 Å². The first-order chi connectivity index (χ1) is 12.5. The highest BCUT2D eigenvalue weighted by Crippen LogP contribution is 2.42. The van der Waals surface area contributed by atoms with Gasteiger partial charge in [0, 0.05) is 0 Å². The van der Waals surface area contributed by atoms with Crippen LogP contribution in [0.3, 0.4) is 0 Å². The molecule has 1 heterocycles. The van der Waals surface area contributed by atoms with Gasteiger partial charge in [0.15, 0.2) is 6.10 Å². The first-order valence-electron chi connectivity index (χ1n) is 7.94. The van der Waals surface area contributed by atoms with E-state index in [0.29, 0.717) is 11.1 Å². The number of ether oxygens (including phenoxy) is 2. The molecule has 1 saturated heterocycles. The molecular weight excluding hydrogens is 338 g/mol. The lowest BCUT2D eigenvalue weighted by Crippen LogP contribution is -2.57. The quantitative estimate of drug-likeness (QED) is 0.672. The van der Waals surface area contributed by atoms with E-state index in [0.717, 1.165) is 12.0 Å². The fraction of sp³-hybridized carbons (Fsp3) is 0.211. The van der Waals surface area contributed by atoms with Crippen molar-refractivity contribution < 1.29 is 29.0 Å². The maximum atomic E-state index is 12.4. The van der Waals surface area contributed by atoms with Gasteiger partial charge in [-0.2, -0.15) is 0 Å². The number of amides is 1. The highest BCUT2D eigenvalue weighted by Gasteiger charge is 2.51. The van der Waals surface area contributed by atoms with Crippen LogP contribution in [0.5, 0.6) is 0 Å². The molecule has 1 amide bonds. The summed E-state index contributed by atoms with van der Waals surface area (Å²) in [5.74, 6) is -1.94. The molecule has 134 valence electrons. The van der Waals surface area contributed by atoms with Gasteiger partial charge in [-0.25, -0.2) is 14.4 Å². The van der Waals surface area contributed by atoms with Crippen molar-refractivity contribution in [3.63, 3.8) is 0 Å². The average molecular weight is 355 g/mol. The maximum absolute atomic E-state index is 12.4. The molecule has 1 N–H and O–H groups in total. The monoisotopic (exact) mass is 355 g/mol. The second kappa shape index (κ2) is 7.26. The van der Waals surface area contributed by atoms with Crippen molar-refractivity contribution in [1.29, 1.82) is 0 Å². The van der Waals surface area contributed by atoms with Crippen LogP contribution in [0, 0.1) is 0 Å². The molecule has 7 heteroatoms. The lowest BCUT2D eigenvalue weighted by molar-refractivity contribution is -0.181. The molecule has 0 aliphatic carbocycles. The number of methoxy groups -OCH3 is 1. The Morgan fingerprint density at radius 3 is 2.04 bits per heavy atom. The maximum Gasteiger partial charge on any atom is 0.409 e. The van der Waals surface area contributed by atoms with Gasteiger partial charge in [-0.15, -0.1) is 0 Å². The van der Waals surface area contributed by atoms with Gasteiger partial charge in [-0.1, -0.05) is 60.7 Å². The highest BCUT2D eigenvalue weighted by atomic mass is 16.6. The Morgan fingerprint density at radius 2 is 1.54 bits per heavy atom. The Hall–Kier alpha value is -3.35. The topological polar surface area (TPSA) is 93.1 Å². The molecule has 7 nitrogen and oxygen atoms in total. The molecule has 0 radical (unpaired) electrons. The molecule has 3 rings (SSSR count). The number of carbonyl (C=O) groups is 3. The van der Waals surface area contributed by atoms with Crippen molar-refractivity contribution in [2.24, 2.45) is 0 Å². The Morgan fingerprint density at radius 1 is 1.00 bits per heavy atom. The molecule has 0 bridgehead atoms. The summed E-state index contributed by atoms with van der Waals surface area (Å²) in [4.78, 5) is 37.3. The minimum absolute atomic E-state index is 0.602. The number of carboxylic acid groups (broad SMARTS) is 1. The van der Waals surface area contributed by atoms with Gasteiger partial charge in [-0.05, 0) is 11.1 Å². The molecule has 0 spiro atoms. The predicted octanol–water partition coefficient (Wildman–Crippen LogP) is 2.55. The predicted molar refractivity (Wildman–Crippen MR) is 90.1 cm³/mol. The van der Waals surface area contributed by atoms with Gasteiger partial charge >= 0.3 is 18.0 Å². The van der Waals surface area contributed by atoms with Gasteiger partial charge in [0.1, 0.15) is 6.04 Å². The molecule has 1 fully saturated rings. The SMILES string of the molecule is COC(=O)C1C(=O)OC(c2ccccc2)C(c2ccccc2)N1C(=O)O. The molecule has 2 aromatic rings. The van der Waals surface area contributed by atoms with Crippen LogP contribution >= 0.6 is 0 Å². The number of esters is 2. The summed E-state index contributed by atoms with van der Waals surface area (Å²) in [6, 6.07) is 15.0. The number of rotatable bonds is 3. The summed E-state index contributed by atoms with van der Waals surface area (Å²) in [6.07, 6.45) is -2.30. The van der Waals surface area contributed by atoms with E-state index in [2.05, 4.69) is 4.74 Å². The normalized spacial score (nSPS) is 22.4. The number of hydrogen-bond donors (Lipinski definition) is 1. The van der Waals surface area contributed by atoms with Gasteiger partial charge in [-0.3, -0.25) is 4.90 Å². The Kier molecular flexibility index (Phi) is 4.88. The molecule has 1 aliphatic heterocycles. The summed E-state index contributed by atoms with van der Waals surface area (Å²) >= 11 is 0. The zero-order valence-corrected chi connectivity index (χ0v) is 13.9. The molecule has 2 aromatic carbocycles. The summed E-state index contributed by atoms with van der Waals surface area (Å²) < 4.78 is 10.1. The first-order valence-corrected chi connectivity index (χ1v) is 7.94. The van der Waals surface area contributed by atoms with Crippen LogP contribution < -0.4 is 0 Å². The summed E-state index contributed by atoms with van der Waals surface area (Å²) in [7, 11) is 1.09. The fourth-order valence-corrected chi connectivity index (χ4v) is 3.10. The van der Waals surface area contributed by atoms with Crippen molar-refractivity contribution in [3.05, 3.63) is 71.8 Å². The zero-order valence-electron chi connectivity index (χ0n) is 13.9. The summed E-state index contributed by atoms with van der Waals surface area (Å²) in [5, 5.41) is 9.78. The van der Waals surface area contributed by atoms with Crippen LogP contribution in [0.15, 0.2) is 60.7 Å². The molecule has 3 atom stereocenters. The largest absolute Gasteiger partial charge is 0.467 e.